The second-order valence-corrected chi connectivity index (χ2v) is 12.8. The van der Waals surface area contributed by atoms with Gasteiger partial charge in [0.2, 0.25) is 0 Å². The first-order valence-electron chi connectivity index (χ1n) is 17.2. The van der Waals surface area contributed by atoms with Gasteiger partial charge >= 0.3 is 0 Å². The monoisotopic (exact) mass is 654 g/mol. The number of pyridine rings is 1. The van der Waals surface area contributed by atoms with E-state index >= 15 is 0 Å². The van der Waals surface area contributed by atoms with Crippen molar-refractivity contribution < 1.29 is 0 Å². The zero-order valence-corrected chi connectivity index (χ0v) is 28.2. The Morgan fingerprint density at radius 2 is 1.24 bits per heavy atom. The van der Waals surface area contributed by atoms with E-state index < -0.39 is 0 Å². The number of hydrogen-bond acceptors (Lipinski definition) is 2. The number of nitrogens with zero attached hydrogens (tertiary/aromatic N) is 4. The fraction of sp³-hybridized carbons (Fsp3) is 0.0213. The highest BCUT2D eigenvalue weighted by atomic mass is 15.1. The summed E-state index contributed by atoms with van der Waals surface area (Å²) in [6.07, 6.45) is 4.03. The molecule has 3 heterocycles. The largest absolute Gasteiger partial charge is 0.307 e. The van der Waals surface area contributed by atoms with Crippen molar-refractivity contribution in [2.45, 2.75) is 6.92 Å². The zero-order valence-electron chi connectivity index (χ0n) is 28.2. The number of fused-ring (bicyclic) bond motifs is 7. The Kier molecular flexibility index (Phi) is 7.48. The first kappa shape index (κ1) is 30.3. The molecule has 0 aliphatic rings. The smallest absolute Gasteiger partial charge is 0.137 e. The van der Waals surface area contributed by atoms with E-state index in [0.717, 1.165) is 61.7 Å². The molecule has 0 fully saturated rings. The Balaban J connectivity index is 1.22. The summed E-state index contributed by atoms with van der Waals surface area (Å²) in [4.78, 5) is 9.86. The molecule has 0 aliphatic heterocycles. The summed E-state index contributed by atoms with van der Waals surface area (Å²) >= 11 is 0. The molecule has 0 atom stereocenters. The molecule has 4 nitrogen and oxygen atoms in total. The highest BCUT2D eigenvalue weighted by molar-refractivity contribution is 6.26. The van der Waals surface area contributed by atoms with Crippen molar-refractivity contribution in [3.8, 4) is 11.5 Å². The molecule has 0 unspecified atom stereocenters. The maximum absolute atomic E-state index is 5.02. The Bertz CT molecular complexity index is 2780. The van der Waals surface area contributed by atoms with Crippen LogP contribution in [-0.4, -0.2) is 19.8 Å². The first-order valence-corrected chi connectivity index (χ1v) is 17.2. The lowest BCUT2D eigenvalue weighted by Gasteiger charge is -2.11. The van der Waals surface area contributed by atoms with Crippen molar-refractivity contribution in [1.82, 2.24) is 14.1 Å². The maximum Gasteiger partial charge on any atom is 0.137 e. The van der Waals surface area contributed by atoms with E-state index in [2.05, 4.69) is 138 Å². The lowest BCUT2D eigenvalue weighted by molar-refractivity contribution is 1.08. The van der Waals surface area contributed by atoms with Gasteiger partial charge in [-0.2, -0.15) is 0 Å². The molecule has 0 aliphatic carbocycles. The Hall–Kier alpha value is -6.78. The fourth-order valence-electron chi connectivity index (χ4n) is 7.28. The van der Waals surface area contributed by atoms with Crippen LogP contribution in [0.2, 0.25) is 0 Å². The summed E-state index contributed by atoms with van der Waals surface area (Å²) in [6.45, 7) is 6.44. The minimum Gasteiger partial charge on any atom is -0.307 e. The minimum absolute atomic E-state index is 0.731. The lowest BCUT2D eigenvalue weighted by Crippen LogP contribution is -1.99. The lowest BCUT2D eigenvalue weighted by atomic mass is 10.0. The van der Waals surface area contributed by atoms with Crippen LogP contribution >= 0.6 is 0 Å². The third kappa shape index (κ3) is 5.25. The summed E-state index contributed by atoms with van der Waals surface area (Å²) in [6, 6.07) is 57.3. The molecule has 0 spiro atoms. The molecule has 242 valence electrons. The maximum atomic E-state index is 5.02. The van der Waals surface area contributed by atoms with Gasteiger partial charge in [-0.3, -0.25) is 4.57 Å². The van der Waals surface area contributed by atoms with Crippen molar-refractivity contribution in [1.29, 1.82) is 0 Å². The van der Waals surface area contributed by atoms with Crippen LogP contribution in [-0.2, 0) is 0 Å². The van der Waals surface area contributed by atoms with Gasteiger partial charge in [0.25, 0.3) is 0 Å². The van der Waals surface area contributed by atoms with Crippen molar-refractivity contribution >= 4 is 60.6 Å². The quantitative estimate of drug-likeness (QED) is 0.158. The molecule has 0 radical (unpaired) electrons. The molecule has 0 saturated carbocycles. The number of aliphatic imine (C=N–C) groups is 1. The average Bonchev–Trinajstić information content (AvgIpc) is 3.71. The van der Waals surface area contributed by atoms with Crippen LogP contribution in [0.5, 0.6) is 0 Å². The average molecular weight is 655 g/mol. The number of para-hydroxylation sites is 1. The number of benzene rings is 6. The molecule has 3 aromatic heterocycles. The Morgan fingerprint density at radius 1 is 0.569 bits per heavy atom. The second kappa shape index (κ2) is 12.6. The van der Waals surface area contributed by atoms with Gasteiger partial charge in [0.1, 0.15) is 5.82 Å². The van der Waals surface area contributed by atoms with Gasteiger partial charge in [-0.1, -0.05) is 134 Å². The van der Waals surface area contributed by atoms with Crippen LogP contribution in [0.1, 0.15) is 23.6 Å². The molecule has 0 bridgehead atoms. The van der Waals surface area contributed by atoms with E-state index in [4.69, 9.17) is 9.98 Å². The molecule has 0 saturated heterocycles. The first-order chi connectivity index (χ1) is 25.2. The van der Waals surface area contributed by atoms with Crippen molar-refractivity contribution in [2.24, 2.45) is 4.99 Å². The summed E-state index contributed by atoms with van der Waals surface area (Å²) in [5.41, 5.74) is 11.6. The second-order valence-electron chi connectivity index (χ2n) is 12.8. The van der Waals surface area contributed by atoms with Gasteiger partial charge in [0, 0.05) is 28.2 Å². The van der Waals surface area contributed by atoms with Gasteiger partial charge in [-0.15, -0.1) is 0 Å². The van der Waals surface area contributed by atoms with Crippen LogP contribution in [0.15, 0.2) is 188 Å². The van der Waals surface area contributed by atoms with E-state index in [-0.39, 0.29) is 0 Å². The van der Waals surface area contributed by atoms with E-state index in [1.807, 2.05) is 60.8 Å². The van der Waals surface area contributed by atoms with E-state index in [9.17, 15) is 0 Å². The van der Waals surface area contributed by atoms with E-state index in [0.29, 0.717) is 0 Å². The van der Waals surface area contributed by atoms with Crippen LogP contribution in [0.4, 0.5) is 0 Å². The predicted octanol–water partition coefficient (Wildman–Crippen LogP) is 11.8. The molecule has 51 heavy (non-hydrogen) atoms. The molecule has 6 aromatic carbocycles. The van der Waals surface area contributed by atoms with Gasteiger partial charge in [0.05, 0.1) is 33.5 Å². The van der Waals surface area contributed by atoms with Crippen molar-refractivity contribution in [3.05, 3.63) is 199 Å². The van der Waals surface area contributed by atoms with Gasteiger partial charge in [-0.05, 0) is 76.9 Å². The standard InChI is InChI=1S/C47H34N4/c1-32(31-41(37-18-7-4-8-19-37)49-33(2)35-15-5-3-6-16-35)34-24-27-38(28-25-34)50-42-22-12-11-21-40(42)46-47(50)45-39-20-10-9-17-36(39)26-29-43(45)51(46)44-23-13-14-30-48-44/h3-31H,2H2,1H3/b32-31+,49-41?. The molecular formula is C47H34N4. The summed E-state index contributed by atoms with van der Waals surface area (Å²) in [5.74, 6) is 0.901. The Labute approximate surface area is 296 Å². The number of hydrogen-bond donors (Lipinski definition) is 0. The summed E-state index contributed by atoms with van der Waals surface area (Å²) in [7, 11) is 0. The molecule has 9 aromatic rings. The van der Waals surface area contributed by atoms with Gasteiger partial charge in [-0.25, -0.2) is 9.98 Å². The third-order valence-electron chi connectivity index (χ3n) is 9.70. The highest BCUT2D eigenvalue weighted by Gasteiger charge is 2.23. The minimum atomic E-state index is 0.731. The summed E-state index contributed by atoms with van der Waals surface area (Å²) < 4.78 is 4.74. The Morgan fingerprint density at radius 3 is 1.98 bits per heavy atom. The summed E-state index contributed by atoms with van der Waals surface area (Å²) in [5, 5.41) is 4.83. The normalized spacial score (nSPS) is 12.3. The number of allylic oxidation sites excluding steroid dienone is 2. The molecule has 0 N–H and O–H groups in total. The van der Waals surface area contributed by atoms with Crippen LogP contribution < -0.4 is 0 Å². The predicted molar refractivity (Wildman–Crippen MR) is 215 cm³/mol. The van der Waals surface area contributed by atoms with E-state index in [1.54, 1.807) is 0 Å². The number of rotatable bonds is 7. The van der Waals surface area contributed by atoms with Crippen molar-refractivity contribution in [3.63, 3.8) is 0 Å². The third-order valence-corrected chi connectivity index (χ3v) is 9.70. The zero-order chi connectivity index (χ0) is 34.3. The van der Waals surface area contributed by atoms with Crippen LogP contribution in [0.25, 0.3) is 66.4 Å². The van der Waals surface area contributed by atoms with Crippen LogP contribution in [0.3, 0.4) is 0 Å². The molecular weight excluding hydrogens is 621 g/mol. The number of aromatic nitrogens is 3. The molecule has 0 amide bonds. The molecule has 4 heteroatoms. The molecule has 9 rings (SSSR count). The SMILES string of the molecule is C=C(N=C(/C=C(\C)c1ccc(-n2c3ccccc3c3c2c2c4ccccc4ccc2n3-c2ccccn2)cc1)c1ccccc1)c1ccccc1. The highest BCUT2D eigenvalue weighted by Crippen LogP contribution is 2.43. The van der Waals surface area contributed by atoms with Crippen LogP contribution in [0, 0.1) is 0 Å². The van der Waals surface area contributed by atoms with Gasteiger partial charge in [0.15, 0.2) is 0 Å². The van der Waals surface area contributed by atoms with Crippen molar-refractivity contribution in [2.75, 3.05) is 0 Å². The van der Waals surface area contributed by atoms with Gasteiger partial charge < -0.3 is 4.57 Å². The topological polar surface area (TPSA) is 35.1 Å². The van der Waals surface area contributed by atoms with E-state index in [1.165, 1.54) is 27.1 Å². The fourth-order valence-corrected chi connectivity index (χ4v) is 7.28.